The van der Waals surface area contributed by atoms with Gasteiger partial charge in [-0.25, -0.2) is 13.1 Å². The van der Waals surface area contributed by atoms with E-state index in [4.69, 9.17) is 0 Å². The van der Waals surface area contributed by atoms with Crippen LogP contribution in [0.25, 0.3) is 16.6 Å². The van der Waals surface area contributed by atoms with Gasteiger partial charge in [-0.3, -0.25) is 9.71 Å². The van der Waals surface area contributed by atoms with Crippen molar-refractivity contribution in [3.63, 3.8) is 0 Å². The first kappa shape index (κ1) is 22.8. The summed E-state index contributed by atoms with van der Waals surface area (Å²) in [6, 6.07) is 15.1. The molecule has 4 aromatic rings. The predicted molar refractivity (Wildman–Crippen MR) is 120 cm³/mol. The van der Waals surface area contributed by atoms with Gasteiger partial charge in [-0.15, -0.1) is 0 Å². The Morgan fingerprint density at radius 3 is 2.27 bits per heavy atom. The van der Waals surface area contributed by atoms with Crippen LogP contribution in [0, 0.1) is 0 Å². The molecule has 0 aliphatic heterocycles. The number of sulfonamides is 1. The van der Waals surface area contributed by atoms with Gasteiger partial charge in [0.25, 0.3) is 10.0 Å². The van der Waals surface area contributed by atoms with Crippen molar-refractivity contribution in [1.82, 2.24) is 14.8 Å². The van der Waals surface area contributed by atoms with E-state index in [1.807, 2.05) is 20.8 Å². The summed E-state index contributed by atoms with van der Waals surface area (Å²) in [6.45, 7) is 5.97. The summed E-state index contributed by atoms with van der Waals surface area (Å²) < 4.78 is 69.6. The number of benzene rings is 2. The van der Waals surface area contributed by atoms with Crippen LogP contribution in [0.4, 0.5) is 19.0 Å². The van der Waals surface area contributed by atoms with Crippen molar-refractivity contribution in [3.8, 4) is 5.69 Å². The molecule has 0 fully saturated rings. The number of anilines is 1. The monoisotopic (exact) mass is 474 g/mol. The summed E-state index contributed by atoms with van der Waals surface area (Å²) in [5.74, 6) is -0.335. The van der Waals surface area contributed by atoms with Crippen molar-refractivity contribution in [2.24, 2.45) is 0 Å². The minimum Gasteiger partial charge on any atom is -0.263 e. The fourth-order valence-corrected chi connectivity index (χ4v) is 4.41. The molecular formula is C23H21F3N4O2S. The summed E-state index contributed by atoms with van der Waals surface area (Å²) in [5, 5.41) is 4.18. The Balaban J connectivity index is 1.81. The van der Waals surface area contributed by atoms with E-state index in [2.05, 4.69) is 14.8 Å². The van der Waals surface area contributed by atoms with Gasteiger partial charge in [0.2, 0.25) is 0 Å². The maximum Gasteiger partial charge on any atom is 0.435 e. The molecule has 6 nitrogen and oxygen atoms in total. The highest BCUT2D eigenvalue weighted by molar-refractivity contribution is 7.92. The van der Waals surface area contributed by atoms with E-state index in [1.165, 1.54) is 12.1 Å². The van der Waals surface area contributed by atoms with Crippen LogP contribution in [0.15, 0.2) is 71.8 Å². The fraction of sp³-hybridized carbons (Fsp3) is 0.217. The van der Waals surface area contributed by atoms with E-state index in [9.17, 15) is 21.6 Å². The Morgan fingerprint density at radius 2 is 1.64 bits per heavy atom. The number of pyridine rings is 1. The molecule has 10 heteroatoms. The van der Waals surface area contributed by atoms with E-state index in [0.717, 1.165) is 10.2 Å². The number of nitrogens with one attached hydrogen (secondary N) is 1. The van der Waals surface area contributed by atoms with Gasteiger partial charge in [-0.2, -0.15) is 18.3 Å². The number of alkyl halides is 3. The van der Waals surface area contributed by atoms with E-state index in [0.29, 0.717) is 17.0 Å². The summed E-state index contributed by atoms with van der Waals surface area (Å²) in [7, 11) is -4.19. The normalized spacial score (nSPS) is 12.8. The minimum atomic E-state index is -4.76. The number of fused-ring (bicyclic) bond motifs is 1. The Hall–Kier alpha value is -3.40. The molecule has 2 heterocycles. The molecule has 2 aromatic heterocycles. The van der Waals surface area contributed by atoms with Crippen LogP contribution < -0.4 is 4.72 Å². The van der Waals surface area contributed by atoms with Gasteiger partial charge in [0, 0.05) is 17.6 Å². The molecule has 0 radical (unpaired) electrons. The van der Waals surface area contributed by atoms with Crippen molar-refractivity contribution in [1.29, 1.82) is 0 Å². The number of hydrogen-bond donors (Lipinski definition) is 1. The molecule has 0 bridgehead atoms. The average Bonchev–Trinajstić information content (AvgIpc) is 3.16. The lowest BCUT2D eigenvalue weighted by Crippen LogP contribution is -2.17. The number of halogens is 3. The Labute approximate surface area is 189 Å². The highest BCUT2D eigenvalue weighted by Crippen LogP contribution is 2.33. The molecule has 0 aliphatic rings. The average molecular weight is 475 g/mol. The van der Waals surface area contributed by atoms with Gasteiger partial charge in [-0.1, -0.05) is 39.0 Å². The lowest BCUT2D eigenvalue weighted by atomic mass is 9.87. The van der Waals surface area contributed by atoms with Crippen molar-refractivity contribution >= 4 is 26.7 Å². The summed E-state index contributed by atoms with van der Waals surface area (Å²) in [4.78, 5) is 4.13. The molecular weight excluding hydrogens is 453 g/mol. The first-order valence-electron chi connectivity index (χ1n) is 10.0. The third kappa shape index (κ3) is 4.56. The van der Waals surface area contributed by atoms with E-state index in [1.54, 1.807) is 48.7 Å². The van der Waals surface area contributed by atoms with Crippen molar-refractivity contribution in [2.75, 3.05) is 4.72 Å². The maximum absolute atomic E-state index is 13.5. The molecule has 0 aliphatic carbocycles. The van der Waals surface area contributed by atoms with Gasteiger partial charge in [0.1, 0.15) is 5.82 Å². The number of aromatic nitrogens is 3. The highest BCUT2D eigenvalue weighted by Gasteiger charge is 2.36. The molecule has 2 aromatic carbocycles. The standard InChI is InChI=1S/C23H21F3N4O2S/c1-22(2,3)15-9-11-16(12-10-15)33(31,32)29-21-14-20(23(24,25)26)28-30(21)19-8-4-7-18-17(19)6-5-13-27-18/h4-14,29H,1-3H3. The first-order valence-corrected chi connectivity index (χ1v) is 11.5. The van der Waals surface area contributed by atoms with Gasteiger partial charge < -0.3 is 0 Å². The fourth-order valence-electron chi connectivity index (χ4n) is 3.38. The lowest BCUT2D eigenvalue weighted by Gasteiger charge is -2.19. The molecule has 0 saturated heterocycles. The molecule has 172 valence electrons. The molecule has 0 amide bonds. The highest BCUT2D eigenvalue weighted by atomic mass is 32.2. The van der Waals surface area contributed by atoms with Crippen LogP contribution in [-0.2, 0) is 21.6 Å². The third-order valence-electron chi connectivity index (χ3n) is 5.12. The Kier molecular flexibility index (Phi) is 5.44. The van der Waals surface area contributed by atoms with Crippen LogP contribution in [-0.4, -0.2) is 23.2 Å². The summed E-state index contributed by atoms with van der Waals surface area (Å²) in [5.41, 5.74) is 0.319. The molecule has 4 rings (SSSR count). The zero-order chi connectivity index (χ0) is 24.0. The van der Waals surface area contributed by atoms with Crippen LogP contribution >= 0.6 is 0 Å². The van der Waals surface area contributed by atoms with Crippen molar-refractivity contribution < 1.29 is 21.6 Å². The molecule has 0 saturated carbocycles. The lowest BCUT2D eigenvalue weighted by molar-refractivity contribution is -0.141. The second kappa shape index (κ2) is 7.87. The van der Waals surface area contributed by atoms with E-state index >= 15 is 0 Å². The zero-order valence-electron chi connectivity index (χ0n) is 18.1. The molecule has 0 unspecified atom stereocenters. The Bertz CT molecular complexity index is 1420. The van der Waals surface area contributed by atoms with Crippen LogP contribution in [0.2, 0.25) is 0 Å². The van der Waals surface area contributed by atoms with Gasteiger partial charge >= 0.3 is 6.18 Å². The number of hydrogen-bond acceptors (Lipinski definition) is 4. The van der Waals surface area contributed by atoms with Crippen molar-refractivity contribution in [2.45, 2.75) is 37.3 Å². The maximum atomic E-state index is 13.5. The summed E-state index contributed by atoms with van der Waals surface area (Å²) in [6.07, 6.45) is -3.20. The zero-order valence-corrected chi connectivity index (χ0v) is 18.9. The van der Waals surface area contributed by atoms with Crippen LogP contribution in [0.5, 0.6) is 0 Å². The number of rotatable bonds is 4. The second-order valence-electron chi connectivity index (χ2n) is 8.55. The molecule has 0 atom stereocenters. The molecule has 0 spiro atoms. The van der Waals surface area contributed by atoms with Gasteiger partial charge in [0.05, 0.1) is 16.1 Å². The van der Waals surface area contributed by atoms with Crippen LogP contribution in [0.3, 0.4) is 0 Å². The van der Waals surface area contributed by atoms with Gasteiger partial charge in [0.15, 0.2) is 5.69 Å². The quantitative estimate of drug-likeness (QED) is 0.422. The minimum absolute atomic E-state index is 0.0728. The molecule has 33 heavy (non-hydrogen) atoms. The van der Waals surface area contributed by atoms with Gasteiger partial charge in [-0.05, 0) is 47.4 Å². The topological polar surface area (TPSA) is 76.9 Å². The second-order valence-corrected chi connectivity index (χ2v) is 10.2. The summed E-state index contributed by atoms with van der Waals surface area (Å²) >= 11 is 0. The third-order valence-corrected chi connectivity index (χ3v) is 6.49. The Morgan fingerprint density at radius 1 is 0.939 bits per heavy atom. The van der Waals surface area contributed by atoms with E-state index in [-0.39, 0.29) is 21.8 Å². The van der Waals surface area contributed by atoms with Crippen LogP contribution in [0.1, 0.15) is 32.0 Å². The SMILES string of the molecule is CC(C)(C)c1ccc(S(=O)(=O)Nc2cc(C(F)(F)F)nn2-c2cccc3ncccc23)cc1. The smallest absolute Gasteiger partial charge is 0.263 e. The predicted octanol–water partition coefficient (Wildman–Crippen LogP) is 5.54. The van der Waals surface area contributed by atoms with Crippen molar-refractivity contribution in [3.05, 3.63) is 78.1 Å². The number of nitrogens with zero attached hydrogens (tertiary/aromatic N) is 3. The largest absolute Gasteiger partial charge is 0.435 e. The first-order chi connectivity index (χ1) is 15.4. The van der Waals surface area contributed by atoms with E-state index < -0.39 is 21.9 Å². The molecule has 1 N–H and O–H groups in total.